The van der Waals surface area contributed by atoms with Gasteiger partial charge in [0.15, 0.2) is 9.84 Å². The van der Waals surface area contributed by atoms with Crippen LogP contribution in [-0.4, -0.2) is 32.4 Å². The molecule has 0 aliphatic heterocycles. The number of carboxylic acids is 1. The first-order valence-electron chi connectivity index (χ1n) is 4.65. The van der Waals surface area contributed by atoms with Crippen LogP contribution in [0.2, 0.25) is 0 Å². The Labute approximate surface area is 107 Å². The number of sulfone groups is 1. The largest absolute Gasteiger partial charge is 0.495 e. The van der Waals surface area contributed by atoms with Crippen molar-refractivity contribution >= 4 is 31.7 Å². The van der Waals surface area contributed by atoms with Gasteiger partial charge in [0.1, 0.15) is 10.6 Å². The fraction of sp³-hybridized carbons (Fsp3) is 0.300. The first-order valence-corrected chi connectivity index (χ1v) is 7.09. The summed E-state index contributed by atoms with van der Waals surface area (Å²) in [5.74, 6) is -1.39. The predicted molar refractivity (Wildman–Crippen MR) is 65.0 cm³/mol. The summed E-state index contributed by atoms with van der Waals surface area (Å²) >= 11 is 3.16. The SMILES string of the molecule is COc1ccc(Br)cc1S(=O)(=O)CCC(=O)O. The molecule has 0 heterocycles. The second-order valence-corrected chi connectivity index (χ2v) is 6.25. The Morgan fingerprint density at radius 2 is 2.12 bits per heavy atom. The average molecular weight is 323 g/mol. The number of carbonyl (C=O) groups is 1. The third kappa shape index (κ3) is 3.71. The van der Waals surface area contributed by atoms with Crippen LogP contribution in [0.25, 0.3) is 0 Å². The molecule has 1 rings (SSSR count). The number of benzene rings is 1. The number of methoxy groups -OCH3 is 1. The van der Waals surface area contributed by atoms with E-state index in [0.717, 1.165) is 0 Å². The molecule has 0 bridgehead atoms. The number of ether oxygens (including phenoxy) is 1. The minimum atomic E-state index is -3.66. The van der Waals surface area contributed by atoms with Crippen molar-refractivity contribution in [3.8, 4) is 5.75 Å². The van der Waals surface area contributed by atoms with Crippen molar-refractivity contribution in [2.75, 3.05) is 12.9 Å². The standard InChI is InChI=1S/C10H11BrO5S/c1-16-8-3-2-7(11)6-9(8)17(14,15)5-4-10(12)13/h2-3,6H,4-5H2,1H3,(H,12,13). The van der Waals surface area contributed by atoms with E-state index in [0.29, 0.717) is 4.47 Å². The zero-order valence-electron chi connectivity index (χ0n) is 9.01. The van der Waals surface area contributed by atoms with E-state index in [9.17, 15) is 13.2 Å². The molecule has 0 unspecified atom stereocenters. The maximum absolute atomic E-state index is 11.9. The van der Waals surface area contributed by atoms with Crippen LogP contribution in [0.4, 0.5) is 0 Å². The maximum Gasteiger partial charge on any atom is 0.304 e. The van der Waals surface area contributed by atoms with Gasteiger partial charge in [-0.25, -0.2) is 8.42 Å². The number of halogens is 1. The minimum absolute atomic E-state index is 0.00405. The van der Waals surface area contributed by atoms with E-state index >= 15 is 0 Å². The highest BCUT2D eigenvalue weighted by Gasteiger charge is 2.21. The summed E-state index contributed by atoms with van der Waals surface area (Å²) in [4.78, 5) is 10.4. The Morgan fingerprint density at radius 3 is 2.65 bits per heavy atom. The Kier molecular flexibility index (Phi) is 4.53. The molecule has 0 aliphatic rings. The van der Waals surface area contributed by atoms with Gasteiger partial charge in [-0.1, -0.05) is 15.9 Å². The Bertz CT molecular complexity index is 523. The minimum Gasteiger partial charge on any atom is -0.495 e. The molecule has 94 valence electrons. The molecule has 0 saturated heterocycles. The maximum atomic E-state index is 11.9. The van der Waals surface area contributed by atoms with Gasteiger partial charge < -0.3 is 9.84 Å². The van der Waals surface area contributed by atoms with Crippen molar-refractivity contribution in [1.29, 1.82) is 0 Å². The molecule has 1 aromatic rings. The molecule has 1 aromatic carbocycles. The number of hydrogen-bond acceptors (Lipinski definition) is 4. The fourth-order valence-corrected chi connectivity index (χ4v) is 3.17. The van der Waals surface area contributed by atoms with Crippen molar-refractivity contribution in [2.24, 2.45) is 0 Å². The van der Waals surface area contributed by atoms with Gasteiger partial charge in [0, 0.05) is 4.47 Å². The summed E-state index contributed by atoms with van der Waals surface area (Å²) in [6, 6.07) is 4.56. The van der Waals surface area contributed by atoms with Crippen molar-refractivity contribution < 1.29 is 23.1 Å². The molecular weight excluding hydrogens is 312 g/mol. The van der Waals surface area contributed by atoms with Crippen molar-refractivity contribution in [3.05, 3.63) is 22.7 Å². The van der Waals surface area contributed by atoms with Crippen molar-refractivity contribution in [3.63, 3.8) is 0 Å². The molecule has 7 heteroatoms. The predicted octanol–water partition coefficient (Wildman–Crippen LogP) is 1.71. The smallest absolute Gasteiger partial charge is 0.304 e. The lowest BCUT2D eigenvalue weighted by Gasteiger charge is -2.09. The second kappa shape index (κ2) is 5.50. The number of carboxylic acid groups (broad SMARTS) is 1. The van der Waals surface area contributed by atoms with Gasteiger partial charge >= 0.3 is 5.97 Å². The van der Waals surface area contributed by atoms with Gasteiger partial charge in [-0.15, -0.1) is 0 Å². The van der Waals surface area contributed by atoms with Crippen LogP contribution in [-0.2, 0) is 14.6 Å². The summed E-state index contributed by atoms with van der Waals surface area (Å²) in [7, 11) is -2.30. The quantitative estimate of drug-likeness (QED) is 0.892. The van der Waals surface area contributed by atoms with Crippen LogP contribution < -0.4 is 4.74 Å². The lowest BCUT2D eigenvalue weighted by Crippen LogP contribution is -2.12. The van der Waals surface area contributed by atoms with E-state index in [-0.39, 0.29) is 10.6 Å². The molecule has 0 aliphatic carbocycles. The average Bonchev–Trinajstić information content (AvgIpc) is 2.26. The van der Waals surface area contributed by atoms with E-state index < -0.39 is 28.0 Å². The normalized spacial score (nSPS) is 11.2. The Hall–Kier alpha value is -1.08. The molecule has 5 nitrogen and oxygen atoms in total. The summed E-state index contributed by atoms with van der Waals surface area (Å²) < 4.78 is 29.3. The molecule has 1 N–H and O–H groups in total. The lowest BCUT2D eigenvalue weighted by molar-refractivity contribution is -0.136. The highest BCUT2D eigenvalue weighted by atomic mass is 79.9. The van der Waals surface area contributed by atoms with E-state index in [1.54, 1.807) is 6.07 Å². The summed E-state index contributed by atoms with van der Waals surface area (Å²) in [6.07, 6.45) is -0.433. The van der Waals surface area contributed by atoms with Crippen LogP contribution >= 0.6 is 15.9 Å². The van der Waals surface area contributed by atoms with E-state index in [2.05, 4.69) is 15.9 Å². The zero-order valence-corrected chi connectivity index (χ0v) is 11.4. The van der Waals surface area contributed by atoms with Gasteiger partial charge in [0.2, 0.25) is 0 Å². The van der Waals surface area contributed by atoms with Gasteiger partial charge in [-0.3, -0.25) is 4.79 Å². The number of hydrogen-bond donors (Lipinski definition) is 1. The Morgan fingerprint density at radius 1 is 1.47 bits per heavy atom. The van der Waals surface area contributed by atoms with Crippen LogP contribution in [0.15, 0.2) is 27.6 Å². The van der Waals surface area contributed by atoms with Crippen molar-refractivity contribution in [2.45, 2.75) is 11.3 Å². The van der Waals surface area contributed by atoms with E-state index in [1.807, 2.05) is 0 Å². The molecule has 17 heavy (non-hydrogen) atoms. The van der Waals surface area contributed by atoms with E-state index in [4.69, 9.17) is 9.84 Å². The molecule has 0 radical (unpaired) electrons. The number of rotatable bonds is 5. The van der Waals surface area contributed by atoms with Gasteiger partial charge in [-0.2, -0.15) is 0 Å². The number of aliphatic carboxylic acids is 1. The zero-order chi connectivity index (χ0) is 13.1. The second-order valence-electron chi connectivity index (χ2n) is 3.26. The third-order valence-electron chi connectivity index (χ3n) is 2.05. The summed E-state index contributed by atoms with van der Waals surface area (Å²) in [6.45, 7) is 0. The lowest BCUT2D eigenvalue weighted by atomic mass is 10.3. The highest BCUT2D eigenvalue weighted by molar-refractivity contribution is 9.10. The van der Waals surface area contributed by atoms with Crippen LogP contribution in [0.5, 0.6) is 5.75 Å². The summed E-state index contributed by atoms with van der Waals surface area (Å²) in [5, 5.41) is 8.50. The van der Waals surface area contributed by atoms with Gasteiger partial charge in [0.25, 0.3) is 0 Å². The molecule has 0 amide bonds. The Balaban J connectivity index is 3.13. The fourth-order valence-electron chi connectivity index (χ4n) is 1.23. The molecule has 0 fully saturated rings. The van der Waals surface area contributed by atoms with Crippen molar-refractivity contribution in [1.82, 2.24) is 0 Å². The topological polar surface area (TPSA) is 80.7 Å². The van der Waals surface area contributed by atoms with Gasteiger partial charge in [0.05, 0.1) is 19.3 Å². The van der Waals surface area contributed by atoms with Gasteiger partial charge in [-0.05, 0) is 18.2 Å². The first-order chi connectivity index (χ1) is 7.86. The molecule has 0 spiro atoms. The summed E-state index contributed by atoms with van der Waals surface area (Å²) in [5.41, 5.74) is 0. The molecule has 0 atom stereocenters. The highest BCUT2D eigenvalue weighted by Crippen LogP contribution is 2.28. The third-order valence-corrected chi connectivity index (χ3v) is 4.27. The molecular formula is C10H11BrO5S. The van der Waals surface area contributed by atoms with Crippen LogP contribution in [0.3, 0.4) is 0 Å². The molecule has 0 saturated carbocycles. The van der Waals surface area contributed by atoms with Crippen LogP contribution in [0, 0.1) is 0 Å². The van der Waals surface area contributed by atoms with Crippen LogP contribution in [0.1, 0.15) is 6.42 Å². The molecule has 0 aromatic heterocycles. The van der Waals surface area contributed by atoms with E-state index in [1.165, 1.54) is 19.2 Å². The first kappa shape index (κ1) is 14.0. The monoisotopic (exact) mass is 322 g/mol.